The molecular weight excluding hydrogens is 212 g/mol. The first-order chi connectivity index (χ1) is 7.24. The summed E-state index contributed by atoms with van der Waals surface area (Å²) < 4.78 is 0. The Morgan fingerprint density at radius 3 is 2.73 bits per heavy atom. The molecule has 4 nitrogen and oxygen atoms in total. The van der Waals surface area contributed by atoms with E-state index in [0.29, 0.717) is 18.0 Å². The Morgan fingerprint density at radius 1 is 1.40 bits per heavy atom. The van der Waals surface area contributed by atoms with Crippen LogP contribution in [0.5, 0.6) is 0 Å². The summed E-state index contributed by atoms with van der Waals surface area (Å²) in [5.74, 6) is -0.349. The summed E-state index contributed by atoms with van der Waals surface area (Å²) in [6.07, 6.45) is 1.20. The van der Waals surface area contributed by atoms with Crippen LogP contribution in [-0.2, 0) is 4.79 Å². The van der Waals surface area contributed by atoms with Gasteiger partial charge >= 0.3 is 0 Å². The zero-order valence-corrected chi connectivity index (χ0v) is 8.97. The summed E-state index contributed by atoms with van der Waals surface area (Å²) in [4.78, 5) is 22.8. The molecule has 0 fully saturated rings. The zero-order valence-electron chi connectivity index (χ0n) is 8.16. The van der Waals surface area contributed by atoms with E-state index >= 15 is 0 Å². The first kappa shape index (κ1) is 11.5. The van der Waals surface area contributed by atoms with Gasteiger partial charge in [0.25, 0.3) is 5.91 Å². The van der Waals surface area contributed by atoms with E-state index in [0.717, 1.165) is 0 Å². The van der Waals surface area contributed by atoms with Crippen molar-refractivity contribution in [1.29, 1.82) is 0 Å². The first-order valence-electron chi connectivity index (χ1n) is 4.46. The van der Waals surface area contributed by atoms with Gasteiger partial charge in [-0.15, -0.1) is 11.3 Å². The van der Waals surface area contributed by atoms with E-state index in [1.807, 2.05) is 11.4 Å². The highest BCUT2D eigenvalue weighted by molar-refractivity contribution is 7.12. The van der Waals surface area contributed by atoms with Crippen LogP contribution in [0, 0.1) is 0 Å². The molecule has 1 heterocycles. The van der Waals surface area contributed by atoms with Gasteiger partial charge in [0.05, 0.1) is 4.88 Å². The maximum absolute atomic E-state index is 11.4. The molecule has 0 bridgehead atoms. The van der Waals surface area contributed by atoms with Gasteiger partial charge in [-0.05, 0) is 17.5 Å². The molecule has 5 heteroatoms. The van der Waals surface area contributed by atoms with Crippen molar-refractivity contribution >= 4 is 23.2 Å². The number of carbonyl (C=O) groups is 2. The van der Waals surface area contributed by atoms with Gasteiger partial charge < -0.3 is 10.6 Å². The predicted molar refractivity (Wildman–Crippen MR) is 59.9 cm³/mol. The van der Waals surface area contributed by atoms with Crippen LogP contribution in [0.15, 0.2) is 30.2 Å². The van der Waals surface area contributed by atoms with Crippen LogP contribution in [0.2, 0.25) is 0 Å². The maximum Gasteiger partial charge on any atom is 0.261 e. The van der Waals surface area contributed by atoms with E-state index in [4.69, 9.17) is 0 Å². The van der Waals surface area contributed by atoms with Crippen molar-refractivity contribution < 1.29 is 9.59 Å². The number of nitrogens with one attached hydrogen (secondary N) is 2. The van der Waals surface area contributed by atoms with Crippen molar-refractivity contribution in [2.45, 2.75) is 0 Å². The van der Waals surface area contributed by atoms with E-state index in [1.165, 1.54) is 17.4 Å². The summed E-state index contributed by atoms with van der Waals surface area (Å²) in [6.45, 7) is 4.14. The molecule has 0 radical (unpaired) electrons. The minimum atomic E-state index is -0.236. The van der Waals surface area contributed by atoms with E-state index in [9.17, 15) is 9.59 Å². The van der Waals surface area contributed by atoms with Crippen LogP contribution in [0.1, 0.15) is 9.67 Å². The highest BCUT2D eigenvalue weighted by Crippen LogP contribution is 2.07. The van der Waals surface area contributed by atoms with Gasteiger partial charge in [-0.25, -0.2) is 0 Å². The second-order valence-electron chi connectivity index (χ2n) is 2.73. The highest BCUT2D eigenvalue weighted by atomic mass is 32.1. The van der Waals surface area contributed by atoms with Gasteiger partial charge in [0.1, 0.15) is 0 Å². The molecule has 15 heavy (non-hydrogen) atoms. The third-order valence-electron chi connectivity index (χ3n) is 1.64. The summed E-state index contributed by atoms with van der Waals surface area (Å²) in [5.41, 5.74) is 0. The Balaban J connectivity index is 2.18. The lowest BCUT2D eigenvalue weighted by Crippen LogP contribution is -2.33. The molecule has 0 aliphatic carbocycles. The standard InChI is InChI=1S/C10H12N2O2S/c1-2-9(13)11-5-6-12-10(14)8-4-3-7-15-8/h2-4,7H,1,5-6H2,(H,11,13)(H,12,14). The number of hydrogen-bond donors (Lipinski definition) is 2. The molecule has 1 aromatic heterocycles. The molecule has 0 aliphatic rings. The lowest BCUT2D eigenvalue weighted by molar-refractivity contribution is -0.116. The Hall–Kier alpha value is -1.62. The topological polar surface area (TPSA) is 58.2 Å². The second kappa shape index (κ2) is 5.98. The molecule has 2 N–H and O–H groups in total. The van der Waals surface area contributed by atoms with Crippen molar-refractivity contribution in [3.8, 4) is 0 Å². The van der Waals surface area contributed by atoms with Crippen molar-refractivity contribution in [3.63, 3.8) is 0 Å². The molecule has 0 aliphatic heterocycles. The van der Waals surface area contributed by atoms with Gasteiger partial charge in [0.2, 0.25) is 5.91 Å². The van der Waals surface area contributed by atoms with E-state index in [1.54, 1.807) is 6.07 Å². The first-order valence-corrected chi connectivity index (χ1v) is 5.34. The highest BCUT2D eigenvalue weighted by Gasteiger charge is 2.04. The fourth-order valence-electron chi connectivity index (χ4n) is 0.929. The average Bonchev–Trinajstić information content (AvgIpc) is 2.77. The Morgan fingerprint density at radius 2 is 2.13 bits per heavy atom. The van der Waals surface area contributed by atoms with Crippen LogP contribution in [-0.4, -0.2) is 24.9 Å². The molecular formula is C10H12N2O2S. The SMILES string of the molecule is C=CC(=O)NCCNC(=O)c1cccs1. The van der Waals surface area contributed by atoms with Crippen LogP contribution < -0.4 is 10.6 Å². The zero-order chi connectivity index (χ0) is 11.1. The molecule has 0 atom stereocenters. The monoisotopic (exact) mass is 224 g/mol. The number of carbonyl (C=O) groups excluding carboxylic acids is 2. The third-order valence-corrected chi connectivity index (χ3v) is 2.51. The molecule has 0 aromatic carbocycles. The molecule has 0 spiro atoms. The molecule has 2 amide bonds. The molecule has 1 aromatic rings. The fraction of sp³-hybridized carbons (Fsp3) is 0.200. The van der Waals surface area contributed by atoms with Crippen LogP contribution in [0.4, 0.5) is 0 Å². The largest absolute Gasteiger partial charge is 0.351 e. The minimum absolute atomic E-state index is 0.113. The molecule has 0 saturated carbocycles. The van der Waals surface area contributed by atoms with E-state index in [2.05, 4.69) is 17.2 Å². The van der Waals surface area contributed by atoms with Crippen LogP contribution in [0.25, 0.3) is 0 Å². The Labute approximate surface area is 92.0 Å². The van der Waals surface area contributed by atoms with Gasteiger partial charge in [-0.1, -0.05) is 12.6 Å². The Bertz CT molecular complexity index is 346. The summed E-state index contributed by atoms with van der Waals surface area (Å²) in [6, 6.07) is 3.57. The average molecular weight is 224 g/mol. The summed E-state index contributed by atoms with van der Waals surface area (Å²) in [5, 5.41) is 7.09. The lowest BCUT2D eigenvalue weighted by Gasteiger charge is -2.03. The van der Waals surface area contributed by atoms with Gasteiger partial charge in [0.15, 0.2) is 0 Å². The fourth-order valence-corrected chi connectivity index (χ4v) is 1.57. The van der Waals surface area contributed by atoms with Gasteiger partial charge in [-0.2, -0.15) is 0 Å². The Kier molecular flexibility index (Phi) is 4.56. The van der Waals surface area contributed by atoms with Crippen molar-refractivity contribution in [2.75, 3.05) is 13.1 Å². The lowest BCUT2D eigenvalue weighted by atomic mass is 10.4. The number of thiophene rings is 1. The summed E-state index contributed by atoms with van der Waals surface area (Å²) >= 11 is 1.38. The second-order valence-corrected chi connectivity index (χ2v) is 3.68. The minimum Gasteiger partial charge on any atom is -0.351 e. The van der Waals surface area contributed by atoms with E-state index < -0.39 is 0 Å². The van der Waals surface area contributed by atoms with Crippen molar-refractivity contribution in [2.24, 2.45) is 0 Å². The number of rotatable bonds is 5. The molecule has 0 saturated heterocycles. The molecule has 1 rings (SSSR count). The van der Waals surface area contributed by atoms with Gasteiger partial charge in [-0.3, -0.25) is 9.59 Å². The van der Waals surface area contributed by atoms with Crippen molar-refractivity contribution in [3.05, 3.63) is 35.0 Å². The van der Waals surface area contributed by atoms with E-state index in [-0.39, 0.29) is 11.8 Å². The quantitative estimate of drug-likeness (QED) is 0.573. The number of amides is 2. The van der Waals surface area contributed by atoms with Crippen LogP contribution >= 0.6 is 11.3 Å². The molecule has 80 valence electrons. The van der Waals surface area contributed by atoms with Gasteiger partial charge in [0, 0.05) is 13.1 Å². The molecule has 0 unspecified atom stereocenters. The van der Waals surface area contributed by atoms with Crippen LogP contribution in [0.3, 0.4) is 0 Å². The smallest absolute Gasteiger partial charge is 0.261 e. The third kappa shape index (κ3) is 3.95. The predicted octanol–water partition coefficient (Wildman–Crippen LogP) is 0.780. The maximum atomic E-state index is 11.4. The summed E-state index contributed by atoms with van der Waals surface area (Å²) in [7, 11) is 0. The normalized spacial score (nSPS) is 9.33. The number of hydrogen-bond acceptors (Lipinski definition) is 3. The van der Waals surface area contributed by atoms with Crippen molar-refractivity contribution in [1.82, 2.24) is 10.6 Å².